The van der Waals surface area contributed by atoms with E-state index in [2.05, 4.69) is 10.3 Å². The van der Waals surface area contributed by atoms with Crippen LogP contribution in [0.1, 0.15) is 24.1 Å². The molecule has 0 aliphatic heterocycles. The summed E-state index contributed by atoms with van der Waals surface area (Å²) in [5, 5.41) is 20.1. The second kappa shape index (κ2) is 6.51. The van der Waals surface area contributed by atoms with E-state index >= 15 is 0 Å². The van der Waals surface area contributed by atoms with Gasteiger partial charge in [0.25, 0.3) is 0 Å². The molecule has 0 aliphatic carbocycles. The van der Waals surface area contributed by atoms with Crippen LogP contribution in [0.5, 0.6) is 0 Å². The number of aromatic nitrogens is 3. The van der Waals surface area contributed by atoms with Gasteiger partial charge in [-0.15, -0.1) is 5.10 Å². The molecule has 3 aromatic rings. The summed E-state index contributed by atoms with van der Waals surface area (Å²) in [5.41, 5.74) is -0.623. The molecule has 3 rings (SSSR count). The average Bonchev–Trinajstić information content (AvgIpc) is 3.08. The summed E-state index contributed by atoms with van der Waals surface area (Å²) in [7, 11) is 0. The number of benzene rings is 2. The summed E-state index contributed by atoms with van der Waals surface area (Å²) in [6.45, 7) is 1.78. The van der Waals surface area contributed by atoms with Gasteiger partial charge in [-0.3, -0.25) is 0 Å². The lowest BCUT2D eigenvalue weighted by atomic mass is 9.80. The molecule has 2 aromatic carbocycles. The van der Waals surface area contributed by atoms with Crippen LogP contribution in [-0.2, 0) is 5.60 Å². The maximum absolute atomic E-state index is 13.3. The van der Waals surface area contributed by atoms with Crippen LogP contribution in [0.25, 0.3) is 0 Å². The number of rotatable bonds is 4. The zero-order valence-electron chi connectivity index (χ0n) is 12.7. The molecule has 4 nitrogen and oxygen atoms in total. The molecule has 1 heterocycles. The zero-order chi connectivity index (χ0) is 17.3. The van der Waals surface area contributed by atoms with E-state index in [1.54, 1.807) is 31.3 Å². The second-order valence-corrected chi connectivity index (χ2v) is 6.30. The van der Waals surface area contributed by atoms with Gasteiger partial charge in [0.05, 0.1) is 12.2 Å². The first-order valence-corrected chi connectivity index (χ1v) is 7.98. The average molecular weight is 366 g/mol. The zero-order valence-corrected chi connectivity index (χ0v) is 14.2. The van der Waals surface area contributed by atoms with Crippen molar-refractivity contribution in [2.75, 3.05) is 0 Å². The summed E-state index contributed by atoms with van der Waals surface area (Å²) in [5.74, 6) is -0.392. The van der Waals surface area contributed by atoms with Gasteiger partial charge in [0.2, 0.25) is 0 Å². The van der Waals surface area contributed by atoms with E-state index in [9.17, 15) is 9.50 Å². The molecule has 2 atom stereocenters. The van der Waals surface area contributed by atoms with Gasteiger partial charge in [-0.05, 0) is 36.8 Å². The first-order chi connectivity index (χ1) is 11.4. The van der Waals surface area contributed by atoms with Crippen molar-refractivity contribution in [2.45, 2.75) is 18.6 Å². The maximum atomic E-state index is 13.3. The Balaban J connectivity index is 2.22. The van der Waals surface area contributed by atoms with Gasteiger partial charge in [-0.25, -0.2) is 9.07 Å². The number of hydrogen-bond acceptors (Lipinski definition) is 3. The molecule has 1 N–H and O–H groups in total. The first-order valence-electron chi connectivity index (χ1n) is 7.22. The van der Waals surface area contributed by atoms with Gasteiger partial charge in [-0.2, -0.15) is 0 Å². The van der Waals surface area contributed by atoms with Crippen molar-refractivity contribution in [2.24, 2.45) is 0 Å². The number of hydrogen-bond donors (Lipinski definition) is 1. The molecule has 0 saturated heterocycles. The quantitative estimate of drug-likeness (QED) is 0.752. The lowest BCUT2D eigenvalue weighted by Crippen LogP contribution is -2.37. The Kier molecular flexibility index (Phi) is 4.58. The van der Waals surface area contributed by atoms with Crippen molar-refractivity contribution in [3.8, 4) is 0 Å². The molecular weight excluding hydrogens is 352 g/mol. The minimum Gasteiger partial charge on any atom is -0.378 e. The summed E-state index contributed by atoms with van der Waals surface area (Å²) in [4.78, 5) is 0. The van der Waals surface area contributed by atoms with Gasteiger partial charge < -0.3 is 5.11 Å². The SMILES string of the molecule is CC(n1ccnn1)C(O)(c1ccc(F)cc1)c1ccc(Cl)cc1Cl. The molecule has 0 radical (unpaired) electrons. The van der Waals surface area contributed by atoms with Crippen molar-refractivity contribution in [1.29, 1.82) is 0 Å². The maximum Gasteiger partial charge on any atom is 0.138 e. The van der Waals surface area contributed by atoms with E-state index in [0.29, 0.717) is 21.2 Å². The highest BCUT2D eigenvalue weighted by Gasteiger charge is 2.41. The van der Waals surface area contributed by atoms with Gasteiger partial charge in [0.1, 0.15) is 11.4 Å². The van der Waals surface area contributed by atoms with Crippen LogP contribution < -0.4 is 0 Å². The number of aliphatic hydroxyl groups is 1. The molecular formula is C17H14Cl2FN3O. The fraction of sp³-hybridized carbons (Fsp3) is 0.176. The Labute approximate surface area is 148 Å². The van der Waals surface area contributed by atoms with Crippen LogP contribution >= 0.6 is 23.2 Å². The standard InChI is InChI=1S/C17H14Cl2FN3O/c1-11(23-9-8-21-22-23)17(24,12-2-5-14(20)6-3-12)15-7-4-13(18)10-16(15)19/h2-11,24H,1H3. The van der Waals surface area contributed by atoms with E-state index in [1.807, 2.05) is 0 Å². The minimum atomic E-state index is -1.55. The minimum absolute atomic E-state index is 0.307. The highest BCUT2D eigenvalue weighted by molar-refractivity contribution is 6.35. The van der Waals surface area contributed by atoms with E-state index < -0.39 is 17.5 Å². The van der Waals surface area contributed by atoms with Crippen molar-refractivity contribution in [3.63, 3.8) is 0 Å². The predicted octanol–water partition coefficient (Wildman–Crippen LogP) is 4.22. The van der Waals surface area contributed by atoms with E-state index in [1.165, 1.54) is 35.1 Å². The molecule has 0 spiro atoms. The molecule has 0 amide bonds. The van der Waals surface area contributed by atoms with Crippen LogP contribution in [0.2, 0.25) is 10.0 Å². The van der Waals surface area contributed by atoms with Crippen LogP contribution in [-0.4, -0.2) is 20.1 Å². The van der Waals surface area contributed by atoms with Crippen LogP contribution in [0, 0.1) is 5.82 Å². The Morgan fingerprint density at radius 2 is 1.88 bits per heavy atom. The molecule has 124 valence electrons. The normalized spacial score (nSPS) is 15.0. The molecule has 0 aliphatic rings. The van der Waals surface area contributed by atoms with Crippen molar-refractivity contribution >= 4 is 23.2 Å². The lowest BCUT2D eigenvalue weighted by molar-refractivity contribution is 0.0241. The lowest BCUT2D eigenvalue weighted by Gasteiger charge is -2.35. The van der Waals surface area contributed by atoms with E-state index in [0.717, 1.165) is 0 Å². The highest BCUT2D eigenvalue weighted by Crippen LogP contribution is 2.42. The van der Waals surface area contributed by atoms with Crippen molar-refractivity contribution in [3.05, 3.63) is 81.8 Å². The first kappa shape index (κ1) is 16.9. The topological polar surface area (TPSA) is 50.9 Å². The molecule has 0 fully saturated rings. The van der Waals surface area contributed by atoms with Crippen LogP contribution in [0.3, 0.4) is 0 Å². The third-order valence-corrected chi connectivity index (χ3v) is 4.62. The smallest absolute Gasteiger partial charge is 0.138 e. The third kappa shape index (κ3) is 2.90. The Bertz CT molecular complexity index is 840. The van der Waals surface area contributed by atoms with E-state index in [4.69, 9.17) is 23.2 Å². The Hall–Kier alpha value is -1.95. The summed E-state index contributed by atoms with van der Waals surface area (Å²) < 4.78 is 14.9. The predicted molar refractivity (Wildman–Crippen MR) is 90.6 cm³/mol. The monoisotopic (exact) mass is 365 g/mol. The fourth-order valence-electron chi connectivity index (χ4n) is 2.74. The molecule has 2 unspecified atom stereocenters. The molecule has 7 heteroatoms. The number of halogens is 3. The van der Waals surface area contributed by atoms with Gasteiger partial charge >= 0.3 is 0 Å². The molecule has 24 heavy (non-hydrogen) atoms. The highest BCUT2D eigenvalue weighted by atomic mass is 35.5. The molecule has 1 aromatic heterocycles. The van der Waals surface area contributed by atoms with Crippen LogP contribution in [0.15, 0.2) is 54.9 Å². The van der Waals surface area contributed by atoms with Crippen molar-refractivity contribution < 1.29 is 9.50 Å². The third-order valence-electron chi connectivity index (χ3n) is 4.07. The largest absolute Gasteiger partial charge is 0.378 e. The fourth-order valence-corrected chi connectivity index (χ4v) is 3.29. The van der Waals surface area contributed by atoms with Crippen molar-refractivity contribution in [1.82, 2.24) is 15.0 Å². The summed E-state index contributed by atoms with van der Waals surface area (Å²) in [6.07, 6.45) is 3.16. The van der Waals surface area contributed by atoms with Gasteiger partial charge in [0.15, 0.2) is 0 Å². The Morgan fingerprint density at radius 3 is 2.46 bits per heavy atom. The Morgan fingerprint density at radius 1 is 1.17 bits per heavy atom. The molecule has 0 bridgehead atoms. The van der Waals surface area contributed by atoms with Crippen LogP contribution in [0.4, 0.5) is 4.39 Å². The summed E-state index contributed by atoms with van der Waals surface area (Å²) in [6, 6.07) is 9.93. The second-order valence-electron chi connectivity index (χ2n) is 5.46. The van der Waals surface area contributed by atoms with Gasteiger partial charge in [-0.1, -0.05) is 46.6 Å². The summed E-state index contributed by atoms with van der Waals surface area (Å²) >= 11 is 12.3. The van der Waals surface area contributed by atoms with Gasteiger partial charge in [0, 0.05) is 21.8 Å². The van der Waals surface area contributed by atoms with E-state index in [-0.39, 0.29) is 0 Å². The molecule has 0 saturated carbocycles. The number of nitrogens with zero attached hydrogens (tertiary/aromatic N) is 3.